The number of amidine groups is 1. The minimum Gasteiger partial charge on any atom is -0.435 e. The van der Waals surface area contributed by atoms with Gasteiger partial charge in [0.15, 0.2) is 0 Å². The number of rotatable bonds is 6. The molecule has 2 aromatic rings. The van der Waals surface area contributed by atoms with E-state index in [-0.39, 0.29) is 17.2 Å². The van der Waals surface area contributed by atoms with E-state index >= 15 is 0 Å². The van der Waals surface area contributed by atoms with Crippen LogP contribution in [0.4, 0.5) is 8.78 Å². The van der Waals surface area contributed by atoms with E-state index in [0.717, 1.165) is 18.0 Å². The fraction of sp³-hybridized carbons (Fsp3) is 0.400. The predicted octanol–water partition coefficient (Wildman–Crippen LogP) is 5.80. The highest BCUT2D eigenvalue weighted by Gasteiger charge is 2.22. The molecule has 35 heavy (non-hydrogen) atoms. The zero-order valence-electron chi connectivity index (χ0n) is 20.3. The second kappa shape index (κ2) is 13.8. The molecule has 0 unspecified atom stereocenters. The average Bonchev–Trinajstić information content (AvgIpc) is 2.80. The van der Waals surface area contributed by atoms with Gasteiger partial charge in [-0.1, -0.05) is 27.7 Å². The maximum absolute atomic E-state index is 12.4. The van der Waals surface area contributed by atoms with Crippen molar-refractivity contribution in [2.24, 2.45) is 22.6 Å². The Morgan fingerprint density at radius 2 is 1.60 bits per heavy atom. The lowest BCUT2D eigenvalue weighted by atomic mass is 9.94. The Labute approximate surface area is 209 Å². The fourth-order valence-electron chi connectivity index (χ4n) is 3.63. The van der Waals surface area contributed by atoms with E-state index in [0.29, 0.717) is 17.4 Å². The topological polar surface area (TPSA) is 101 Å². The van der Waals surface area contributed by atoms with Crippen LogP contribution in [0.1, 0.15) is 50.0 Å². The summed E-state index contributed by atoms with van der Waals surface area (Å²) in [5.41, 5.74) is 6.25. The lowest BCUT2D eigenvalue weighted by molar-refractivity contribution is -0.0498. The Hall–Kier alpha value is -2.98. The van der Waals surface area contributed by atoms with E-state index in [2.05, 4.69) is 27.9 Å². The van der Waals surface area contributed by atoms with E-state index in [4.69, 9.17) is 15.9 Å². The maximum atomic E-state index is 12.4. The Morgan fingerprint density at radius 1 is 1.06 bits per heavy atom. The molecule has 0 saturated carbocycles. The summed E-state index contributed by atoms with van der Waals surface area (Å²) in [4.78, 5) is 17.1. The molecule has 0 spiro atoms. The number of hydrogen-bond donors (Lipinski definition) is 2. The number of alkyl halides is 2. The van der Waals surface area contributed by atoms with Gasteiger partial charge in [-0.25, -0.2) is 4.31 Å². The molecule has 7 nitrogen and oxygen atoms in total. The van der Waals surface area contributed by atoms with Gasteiger partial charge in [-0.05, 0) is 78.7 Å². The van der Waals surface area contributed by atoms with Gasteiger partial charge < -0.3 is 15.2 Å². The number of halogens is 2. The molecule has 1 aliphatic rings. The van der Waals surface area contributed by atoms with Gasteiger partial charge in [-0.15, -0.1) is 0 Å². The smallest absolute Gasteiger partial charge is 0.387 e. The molecule has 10 heteroatoms. The molecule has 1 fully saturated rings. The number of carbonyl (C=O) groups excluding carboxylic acids is 1. The standard InChI is InChI=1S/C23H26F2N4O3S.C2H6/c1-14-11-15(2)13-29(12-14)33-19-9-5-17(6-10-19)21(30)28-23(27)32-20(26)16-3-7-18(8-4-16)31-22(24)25;1-2/h3-10,14-15,22,26H,11-13H2,1-2H3,(H2,27,28,30);1-2H3/t14-,15+;. The molecule has 1 amide bonds. The second-order valence-corrected chi connectivity index (χ2v) is 9.17. The van der Waals surface area contributed by atoms with Crippen LogP contribution in [0.2, 0.25) is 0 Å². The quantitative estimate of drug-likeness (QED) is 0.292. The summed E-state index contributed by atoms with van der Waals surface area (Å²) in [5.74, 6) is 0.274. The molecule has 0 bridgehead atoms. The summed E-state index contributed by atoms with van der Waals surface area (Å²) in [7, 11) is 0. The Bertz CT molecular complexity index is 991. The number of nitrogens with two attached hydrogens (primary N) is 1. The predicted molar refractivity (Wildman–Crippen MR) is 135 cm³/mol. The molecular formula is C25H32F2N4O3S. The van der Waals surface area contributed by atoms with E-state index in [9.17, 15) is 13.6 Å². The third kappa shape index (κ3) is 9.29. The molecule has 1 saturated heterocycles. The van der Waals surface area contributed by atoms with Gasteiger partial charge in [0.25, 0.3) is 11.9 Å². The number of nitrogens with zero attached hydrogens (tertiary/aromatic N) is 2. The lowest BCUT2D eigenvalue weighted by Crippen LogP contribution is -2.33. The SMILES string of the molecule is CC.C[C@@H]1C[C@H](C)CN(Sc2ccc(C(=O)N=C(N)OC(=N)c3ccc(OC(F)F)cc3)cc2)C1. The van der Waals surface area contributed by atoms with E-state index in [1.807, 2.05) is 26.0 Å². The van der Waals surface area contributed by atoms with Crippen molar-refractivity contribution in [2.75, 3.05) is 13.1 Å². The van der Waals surface area contributed by atoms with Crippen LogP contribution in [0.5, 0.6) is 5.75 Å². The molecule has 0 radical (unpaired) electrons. The number of piperidine rings is 1. The first-order valence-electron chi connectivity index (χ1n) is 11.4. The lowest BCUT2D eigenvalue weighted by Gasteiger charge is -2.33. The van der Waals surface area contributed by atoms with Crippen LogP contribution in [0.25, 0.3) is 0 Å². The van der Waals surface area contributed by atoms with Gasteiger partial charge >= 0.3 is 6.61 Å². The number of carbonyl (C=O) groups is 1. The number of aliphatic imine (C=N–C) groups is 1. The van der Waals surface area contributed by atoms with Crippen LogP contribution < -0.4 is 10.5 Å². The zero-order valence-corrected chi connectivity index (χ0v) is 21.1. The summed E-state index contributed by atoms with van der Waals surface area (Å²) in [5, 5.41) is 7.91. The van der Waals surface area contributed by atoms with Crippen molar-refractivity contribution in [3.05, 3.63) is 59.7 Å². The van der Waals surface area contributed by atoms with Crippen molar-refractivity contribution in [3.8, 4) is 5.75 Å². The third-order valence-corrected chi connectivity index (χ3v) is 5.97. The number of nitrogens with one attached hydrogen (secondary N) is 1. The third-order valence-electron chi connectivity index (χ3n) is 4.93. The molecular weight excluding hydrogens is 474 g/mol. The normalized spacial score (nSPS) is 18.4. The van der Waals surface area contributed by atoms with Crippen LogP contribution >= 0.6 is 11.9 Å². The molecule has 190 valence electrons. The van der Waals surface area contributed by atoms with Crippen LogP contribution in [0.3, 0.4) is 0 Å². The average molecular weight is 507 g/mol. The number of ether oxygens (including phenoxy) is 2. The zero-order chi connectivity index (χ0) is 26.0. The van der Waals surface area contributed by atoms with Crippen molar-refractivity contribution in [1.29, 1.82) is 5.41 Å². The van der Waals surface area contributed by atoms with Crippen LogP contribution in [-0.4, -0.2) is 41.8 Å². The van der Waals surface area contributed by atoms with E-state index in [1.165, 1.54) is 30.7 Å². The monoisotopic (exact) mass is 506 g/mol. The summed E-state index contributed by atoms with van der Waals surface area (Å²) >= 11 is 1.67. The highest BCUT2D eigenvalue weighted by Crippen LogP contribution is 2.30. The Kier molecular flexibility index (Phi) is 11.1. The van der Waals surface area contributed by atoms with Crippen LogP contribution in [0, 0.1) is 17.2 Å². The van der Waals surface area contributed by atoms with Gasteiger partial charge in [0, 0.05) is 29.1 Å². The van der Waals surface area contributed by atoms with Crippen molar-refractivity contribution in [1.82, 2.24) is 4.31 Å². The summed E-state index contributed by atoms with van der Waals surface area (Å²) < 4.78 is 36.1. The molecule has 2 aromatic carbocycles. The van der Waals surface area contributed by atoms with Crippen molar-refractivity contribution < 1.29 is 23.0 Å². The molecule has 3 N–H and O–H groups in total. The highest BCUT2D eigenvalue weighted by atomic mass is 32.2. The van der Waals surface area contributed by atoms with Crippen molar-refractivity contribution >= 4 is 29.8 Å². The van der Waals surface area contributed by atoms with Gasteiger partial charge in [0.05, 0.1) is 0 Å². The Balaban J connectivity index is 0.00000210. The fourth-order valence-corrected chi connectivity index (χ4v) is 4.84. The van der Waals surface area contributed by atoms with Crippen molar-refractivity contribution in [3.63, 3.8) is 0 Å². The largest absolute Gasteiger partial charge is 0.435 e. The highest BCUT2D eigenvalue weighted by molar-refractivity contribution is 7.97. The van der Waals surface area contributed by atoms with Gasteiger partial charge in [-0.3, -0.25) is 10.2 Å². The summed E-state index contributed by atoms with van der Waals surface area (Å²) in [6.45, 7) is 7.63. The second-order valence-electron chi connectivity index (χ2n) is 8.00. The first-order chi connectivity index (χ1) is 16.7. The number of amides is 1. The van der Waals surface area contributed by atoms with Crippen molar-refractivity contribution in [2.45, 2.75) is 45.6 Å². The molecule has 2 atom stereocenters. The number of benzene rings is 2. The van der Waals surface area contributed by atoms with Gasteiger partial charge in [0.1, 0.15) is 5.75 Å². The first kappa shape index (κ1) is 28.3. The molecule has 0 aromatic heterocycles. The molecule has 1 aliphatic heterocycles. The van der Waals surface area contributed by atoms with Gasteiger partial charge in [0.2, 0.25) is 5.90 Å². The van der Waals surface area contributed by atoms with Gasteiger partial charge in [-0.2, -0.15) is 13.8 Å². The minimum absolute atomic E-state index is 0.0516. The summed E-state index contributed by atoms with van der Waals surface area (Å²) in [6.07, 6.45) is 1.24. The Morgan fingerprint density at radius 3 is 2.14 bits per heavy atom. The molecule has 1 heterocycles. The van der Waals surface area contributed by atoms with E-state index in [1.54, 1.807) is 24.1 Å². The van der Waals surface area contributed by atoms with E-state index < -0.39 is 18.5 Å². The maximum Gasteiger partial charge on any atom is 0.387 e. The molecule has 3 rings (SSSR count). The van der Waals surface area contributed by atoms with Crippen LogP contribution in [0.15, 0.2) is 58.4 Å². The minimum atomic E-state index is -2.94. The van der Waals surface area contributed by atoms with Crippen LogP contribution in [-0.2, 0) is 4.74 Å². The molecule has 0 aliphatic carbocycles. The summed E-state index contributed by atoms with van der Waals surface area (Å²) in [6, 6.07) is 11.8. The number of hydrogen-bond acceptors (Lipinski definition) is 6. The first-order valence-corrected chi connectivity index (χ1v) is 12.2.